The van der Waals surface area contributed by atoms with E-state index in [1.165, 1.54) is 6.07 Å². The Hall–Kier alpha value is -1.77. The number of hydrogen-bond donors (Lipinski definition) is 0. The summed E-state index contributed by atoms with van der Waals surface area (Å²) < 4.78 is 10.3. The van der Waals surface area contributed by atoms with E-state index in [0.717, 1.165) is 23.1 Å². The Labute approximate surface area is 87.3 Å². The van der Waals surface area contributed by atoms with Crippen molar-refractivity contribution < 1.29 is 9.15 Å². The molecule has 0 N–H and O–H groups in total. The van der Waals surface area contributed by atoms with Gasteiger partial charge in [0.25, 0.3) is 0 Å². The van der Waals surface area contributed by atoms with Crippen molar-refractivity contribution in [3.63, 3.8) is 0 Å². The lowest BCUT2D eigenvalue weighted by Crippen LogP contribution is -1.96. The summed E-state index contributed by atoms with van der Waals surface area (Å²) in [6, 6.07) is 6.89. The van der Waals surface area contributed by atoms with Crippen LogP contribution in [0, 0.1) is 0 Å². The topological polar surface area (TPSA) is 39.4 Å². The minimum Gasteiger partial charge on any atom is -0.496 e. The van der Waals surface area contributed by atoms with Crippen molar-refractivity contribution in [2.24, 2.45) is 0 Å². The summed E-state index contributed by atoms with van der Waals surface area (Å²) in [5.41, 5.74) is 1.33. The van der Waals surface area contributed by atoms with E-state index in [1.807, 2.05) is 19.1 Å². The highest BCUT2D eigenvalue weighted by Crippen LogP contribution is 2.25. The van der Waals surface area contributed by atoms with Crippen LogP contribution in [0.25, 0.3) is 11.0 Å². The summed E-state index contributed by atoms with van der Waals surface area (Å²) in [4.78, 5) is 11.0. The molecule has 0 aliphatic heterocycles. The van der Waals surface area contributed by atoms with Gasteiger partial charge in [-0.05, 0) is 30.2 Å². The third-order valence-electron chi connectivity index (χ3n) is 2.40. The van der Waals surface area contributed by atoms with Gasteiger partial charge in [0.05, 0.1) is 7.11 Å². The minimum atomic E-state index is -0.324. The molecule has 0 amide bonds. The Morgan fingerprint density at radius 3 is 2.80 bits per heavy atom. The van der Waals surface area contributed by atoms with E-state index in [-0.39, 0.29) is 5.63 Å². The quantitative estimate of drug-likeness (QED) is 0.705. The molecule has 0 fully saturated rings. The highest BCUT2D eigenvalue weighted by atomic mass is 16.5. The Morgan fingerprint density at radius 1 is 1.33 bits per heavy atom. The van der Waals surface area contributed by atoms with Crippen LogP contribution in [0.2, 0.25) is 0 Å². The van der Waals surface area contributed by atoms with E-state index < -0.39 is 0 Å². The molecule has 1 aromatic carbocycles. The van der Waals surface area contributed by atoms with E-state index in [9.17, 15) is 4.79 Å². The highest BCUT2D eigenvalue weighted by molar-refractivity contribution is 5.79. The Bertz CT molecular complexity index is 540. The van der Waals surface area contributed by atoms with E-state index >= 15 is 0 Å². The molecule has 0 saturated heterocycles. The lowest BCUT2D eigenvalue weighted by Gasteiger charge is -2.07. The van der Waals surface area contributed by atoms with Gasteiger partial charge in [-0.1, -0.05) is 6.92 Å². The summed E-state index contributed by atoms with van der Waals surface area (Å²) in [5, 5.41) is 0.878. The number of benzene rings is 1. The van der Waals surface area contributed by atoms with E-state index in [4.69, 9.17) is 9.15 Å². The fraction of sp³-hybridized carbons (Fsp3) is 0.250. The maximum Gasteiger partial charge on any atom is 0.336 e. The van der Waals surface area contributed by atoms with E-state index in [1.54, 1.807) is 13.2 Å². The Kier molecular flexibility index (Phi) is 2.46. The molecule has 0 atom stereocenters. The molecular weight excluding hydrogens is 192 g/mol. The van der Waals surface area contributed by atoms with Gasteiger partial charge < -0.3 is 9.15 Å². The molecule has 0 unspecified atom stereocenters. The van der Waals surface area contributed by atoms with Crippen LogP contribution < -0.4 is 10.4 Å². The normalized spacial score (nSPS) is 10.5. The molecule has 3 nitrogen and oxygen atoms in total. The number of methoxy groups -OCH3 is 1. The molecule has 1 aromatic heterocycles. The van der Waals surface area contributed by atoms with Gasteiger partial charge in [0.15, 0.2) is 0 Å². The van der Waals surface area contributed by atoms with Crippen LogP contribution in [-0.2, 0) is 6.42 Å². The summed E-state index contributed by atoms with van der Waals surface area (Å²) >= 11 is 0. The molecule has 2 rings (SSSR count). The van der Waals surface area contributed by atoms with Gasteiger partial charge >= 0.3 is 5.63 Å². The maximum absolute atomic E-state index is 11.0. The SMILES string of the molecule is CCc1cc2oc(=O)ccc2cc1OC. The molecule has 0 spiro atoms. The zero-order valence-corrected chi connectivity index (χ0v) is 8.74. The van der Waals surface area contributed by atoms with Gasteiger partial charge in [-0.2, -0.15) is 0 Å². The predicted octanol–water partition coefficient (Wildman–Crippen LogP) is 2.36. The van der Waals surface area contributed by atoms with Crippen LogP contribution in [0.4, 0.5) is 0 Å². The van der Waals surface area contributed by atoms with Crippen molar-refractivity contribution in [3.8, 4) is 5.75 Å². The lowest BCUT2D eigenvalue weighted by atomic mass is 10.1. The molecular formula is C12H12O3. The van der Waals surface area contributed by atoms with Gasteiger partial charge in [-0.15, -0.1) is 0 Å². The molecule has 0 saturated carbocycles. The van der Waals surface area contributed by atoms with Gasteiger partial charge in [0.1, 0.15) is 11.3 Å². The molecule has 0 radical (unpaired) electrons. The third-order valence-corrected chi connectivity index (χ3v) is 2.40. The predicted molar refractivity (Wildman–Crippen MR) is 58.4 cm³/mol. The molecule has 3 heteroatoms. The van der Waals surface area contributed by atoms with Crippen molar-refractivity contribution in [2.75, 3.05) is 7.11 Å². The fourth-order valence-corrected chi connectivity index (χ4v) is 1.60. The molecule has 0 aliphatic carbocycles. The lowest BCUT2D eigenvalue weighted by molar-refractivity contribution is 0.410. The molecule has 2 aromatic rings. The first-order valence-corrected chi connectivity index (χ1v) is 4.85. The van der Waals surface area contributed by atoms with Gasteiger partial charge in [0.2, 0.25) is 0 Å². The van der Waals surface area contributed by atoms with Crippen LogP contribution in [0.3, 0.4) is 0 Å². The molecule has 78 valence electrons. The van der Waals surface area contributed by atoms with Crippen LogP contribution in [0.5, 0.6) is 5.75 Å². The monoisotopic (exact) mass is 204 g/mol. The smallest absolute Gasteiger partial charge is 0.336 e. The number of hydrogen-bond acceptors (Lipinski definition) is 3. The van der Waals surface area contributed by atoms with E-state index in [2.05, 4.69) is 0 Å². The zero-order valence-electron chi connectivity index (χ0n) is 8.74. The van der Waals surface area contributed by atoms with Gasteiger partial charge in [-0.3, -0.25) is 0 Å². The number of ether oxygens (including phenoxy) is 1. The fourth-order valence-electron chi connectivity index (χ4n) is 1.60. The van der Waals surface area contributed by atoms with Crippen molar-refractivity contribution in [2.45, 2.75) is 13.3 Å². The average molecular weight is 204 g/mol. The Morgan fingerprint density at radius 2 is 2.13 bits per heavy atom. The average Bonchev–Trinajstić information content (AvgIpc) is 2.27. The van der Waals surface area contributed by atoms with Crippen molar-refractivity contribution in [1.82, 2.24) is 0 Å². The van der Waals surface area contributed by atoms with Crippen LogP contribution in [0.15, 0.2) is 33.5 Å². The standard InChI is InChI=1S/C12H12O3/c1-3-8-6-11-9(7-10(8)14-2)4-5-12(13)15-11/h4-7H,3H2,1-2H3. The van der Waals surface area contributed by atoms with E-state index in [0.29, 0.717) is 5.58 Å². The molecule has 15 heavy (non-hydrogen) atoms. The first-order valence-electron chi connectivity index (χ1n) is 4.85. The summed E-state index contributed by atoms with van der Waals surface area (Å²) in [5.74, 6) is 0.832. The molecule has 1 heterocycles. The number of rotatable bonds is 2. The maximum atomic E-state index is 11.0. The van der Waals surface area contributed by atoms with Crippen molar-refractivity contribution in [3.05, 3.63) is 40.2 Å². The zero-order chi connectivity index (χ0) is 10.8. The molecule has 0 bridgehead atoms. The number of aryl methyl sites for hydroxylation is 1. The van der Waals surface area contributed by atoms with Crippen molar-refractivity contribution in [1.29, 1.82) is 0 Å². The van der Waals surface area contributed by atoms with Crippen LogP contribution in [0.1, 0.15) is 12.5 Å². The molecule has 0 aliphatic rings. The largest absolute Gasteiger partial charge is 0.496 e. The summed E-state index contributed by atoms with van der Waals surface area (Å²) in [6.45, 7) is 2.03. The van der Waals surface area contributed by atoms with Crippen LogP contribution in [-0.4, -0.2) is 7.11 Å². The Balaban J connectivity index is 2.75. The highest BCUT2D eigenvalue weighted by Gasteiger charge is 2.05. The van der Waals surface area contributed by atoms with Crippen LogP contribution >= 0.6 is 0 Å². The first-order chi connectivity index (χ1) is 7.24. The van der Waals surface area contributed by atoms with Gasteiger partial charge in [0, 0.05) is 11.5 Å². The summed E-state index contributed by atoms with van der Waals surface area (Å²) in [6.07, 6.45) is 0.845. The second kappa shape index (κ2) is 3.77. The second-order valence-electron chi connectivity index (χ2n) is 3.31. The second-order valence-corrected chi connectivity index (χ2v) is 3.31. The van der Waals surface area contributed by atoms with Gasteiger partial charge in [-0.25, -0.2) is 4.79 Å². The minimum absolute atomic E-state index is 0.324. The first kappa shape index (κ1) is 9.77. The summed E-state index contributed by atoms with van der Waals surface area (Å²) in [7, 11) is 1.64. The number of fused-ring (bicyclic) bond motifs is 1. The third kappa shape index (κ3) is 1.73. The van der Waals surface area contributed by atoms with Crippen molar-refractivity contribution >= 4 is 11.0 Å².